The molecule has 1 aromatic heterocycles. The van der Waals surface area contributed by atoms with Crippen LogP contribution in [-0.4, -0.2) is 10.1 Å². The second kappa shape index (κ2) is 4.62. The van der Waals surface area contributed by atoms with Gasteiger partial charge in [-0.1, -0.05) is 19.3 Å². The molecule has 2 rings (SSSR count). The maximum atomic E-state index is 11.7. The molecule has 0 saturated heterocycles. The first-order valence-corrected chi connectivity index (χ1v) is 5.64. The summed E-state index contributed by atoms with van der Waals surface area (Å²) in [5.74, 6) is 0.353. The van der Waals surface area contributed by atoms with E-state index in [0.717, 1.165) is 24.0 Å². The average Bonchev–Trinajstić information content (AvgIpc) is 2.29. The van der Waals surface area contributed by atoms with E-state index in [-0.39, 0.29) is 12.2 Å². The minimum atomic E-state index is -0.0320. The van der Waals surface area contributed by atoms with Crippen LogP contribution in [0.15, 0.2) is 17.1 Å². The summed E-state index contributed by atoms with van der Waals surface area (Å²) in [5, 5.41) is 9.22. The van der Waals surface area contributed by atoms with Crippen LogP contribution in [0.1, 0.15) is 49.1 Å². The van der Waals surface area contributed by atoms with Crippen LogP contribution in [0.25, 0.3) is 0 Å². The Labute approximate surface area is 89.2 Å². The van der Waals surface area contributed by atoms with Gasteiger partial charge in [0.1, 0.15) is 0 Å². The second-order valence-corrected chi connectivity index (χ2v) is 4.24. The molecule has 82 valence electrons. The van der Waals surface area contributed by atoms with E-state index in [4.69, 9.17) is 0 Å². The zero-order valence-corrected chi connectivity index (χ0v) is 8.83. The monoisotopic (exact) mass is 207 g/mol. The molecule has 1 aromatic rings. The molecule has 3 nitrogen and oxygen atoms in total. The highest BCUT2D eigenvalue weighted by molar-refractivity contribution is 5.26. The molecule has 1 heterocycles. The lowest BCUT2D eigenvalue weighted by Gasteiger charge is -2.22. The lowest BCUT2D eigenvalue weighted by atomic mass is 9.83. The van der Waals surface area contributed by atoms with Crippen molar-refractivity contribution in [2.45, 2.75) is 44.6 Å². The Morgan fingerprint density at radius 3 is 2.73 bits per heavy atom. The van der Waals surface area contributed by atoms with Crippen molar-refractivity contribution >= 4 is 0 Å². The molecule has 0 radical (unpaired) electrons. The van der Waals surface area contributed by atoms with Gasteiger partial charge in [-0.05, 0) is 30.4 Å². The van der Waals surface area contributed by atoms with Crippen molar-refractivity contribution in [3.05, 3.63) is 33.7 Å². The van der Waals surface area contributed by atoms with Gasteiger partial charge in [-0.15, -0.1) is 0 Å². The van der Waals surface area contributed by atoms with E-state index in [2.05, 4.69) is 4.98 Å². The Hall–Kier alpha value is -1.09. The third-order valence-electron chi connectivity index (χ3n) is 3.27. The Kier molecular flexibility index (Phi) is 3.21. The molecule has 1 aliphatic rings. The first-order chi connectivity index (χ1) is 7.33. The predicted molar refractivity (Wildman–Crippen MR) is 58.8 cm³/mol. The standard InChI is InChI=1S/C12H17NO2/c14-8-10-6-7-13-12(15)11(10)9-4-2-1-3-5-9/h6-7,9,14H,1-5,8H2,(H,13,15). The van der Waals surface area contributed by atoms with Gasteiger partial charge in [-0.3, -0.25) is 4.79 Å². The fourth-order valence-electron chi connectivity index (χ4n) is 2.51. The van der Waals surface area contributed by atoms with Gasteiger partial charge in [-0.2, -0.15) is 0 Å². The Bertz CT molecular complexity index is 377. The molecule has 0 bridgehead atoms. The summed E-state index contributed by atoms with van der Waals surface area (Å²) in [6, 6.07) is 1.81. The van der Waals surface area contributed by atoms with E-state index in [0.29, 0.717) is 5.92 Å². The van der Waals surface area contributed by atoms with Gasteiger partial charge >= 0.3 is 0 Å². The van der Waals surface area contributed by atoms with Crippen molar-refractivity contribution in [2.75, 3.05) is 0 Å². The number of aromatic nitrogens is 1. The molecule has 15 heavy (non-hydrogen) atoms. The fourth-order valence-corrected chi connectivity index (χ4v) is 2.51. The van der Waals surface area contributed by atoms with Crippen LogP contribution in [0.3, 0.4) is 0 Å². The maximum Gasteiger partial charge on any atom is 0.251 e. The molecule has 1 aliphatic carbocycles. The number of hydrogen-bond donors (Lipinski definition) is 2. The minimum Gasteiger partial charge on any atom is -0.392 e. The van der Waals surface area contributed by atoms with Crippen molar-refractivity contribution in [1.82, 2.24) is 4.98 Å². The van der Waals surface area contributed by atoms with Crippen molar-refractivity contribution in [2.24, 2.45) is 0 Å². The second-order valence-electron chi connectivity index (χ2n) is 4.24. The van der Waals surface area contributed by atoms with E-state index in [1.54, 1.807) is 6.20 Å². The SMILES string of the molecule is O=c1[nH]ccc(CO)c1C1CCCCC1. The molecule has 0 spiro atoms. The molecule has 0 unspecified atom stereocenters. The van der Waals surface area contributed by atoms with Crippen LogP contribution in [0.4, 0.5) is 0 Å². The molecule has 0 aromatic carbocycles. The van der Waals surface area contributed by atoms with Gasteiger partial charge in [0.25, 0.3) is 5.56 Å². The lowest BCUT2D eigenvalue weighted by molar-refractivity contribution is 0.278. The van der Waals surface area contributed by atoms with Crippen LogP contribution >= 0.6 is 0 Å². The topological polar surface area (TPSA) is 53.1 Å². The van der Waals surface area contributed by atoms with Crippen LogP contribution < -0.4 is 5.56 Å². The Balaban J connectivity index is 2.36. The summed E-state index contributed by atoms with van der Waals surface area (Å²) < 4.78 is 0. The first-order valence-electron chi connectivity index (χ1n) is 5.64. The number of aromatic amines is 1. The van der Waals surface area contributed by atoms with E-state index in [1.165, 1.54) is 19.3 Å². The highest BCUT2D eigenvalue weighted by Gasteiger charge is 2.20. The summed E-state index contributed by atoms with van der Waals surface area (Å²) in [6.07, 6.45) is 7.45. The molecule has 0 aliphatic heterocycles. The molecular formula is C12H17NO2. The van der Waals surface area contributed by atoms with Crippen molar-refractivity contribution in [1.29, 1.82) is 0 Å². The first kappa shape index (κ1) is 10.4. The molecule has 3 heteroatoms. The molecule has 0 amide bonds. The third kappa shape index (κ3) is 2.12. The Morgan fingerprint density at radius 2 is 2.07 bits per heavy atom. The van der Waals surface area contributed by atoms with Crippen molar-refractivity contribution in [3.8, 4) is 0 Å². The van der Waals surface area contributed by atoms with Gasteiger partial charge < -0.3 is 10.1 Å². The molecule has 0 atom stereocenters. The summed E-state index contributed by atoms with van der Waals surface area (Å²) >= 11 is 0. The molecule has 1 fully saturated rings. The van der Waals surface area contributed by atoms with Crippen LogP contribution in [0.2, 0.25) is 0 Å². The summed E-state index contributed by atoms with van der Waals surface area (Å²) in [6.45, 7) is -0.0320. The zero-order chi connectivity index (χ0) is 10.7. The highest BCUT2D eigenvalue weighted by Crippen LogP contribution is 2.32. The van der Waals surface area contributed by atoms with Crippen molar-refractivity contribution in [3.63, 3.8) is 0 Å². The van der Waals surface area contributed by atoms with Crippen LogP contribution in [-0.2, 0) is 6.61 Å². The maximum absolute atomic E-state index is 11.7. The van der Waals surface area contributed by atoms with Crippen LogP contribution in [0, 0.1) is 0 Å². The average molecular weight is 207 g/mol. The highest BCUT2D eigenvalue weighted by atomic mass is 16.3. The normalized spacial score (nSPS) is 17.9. The van der Waals surface area contributed by atoms with Crippen LogP contribution in [0.5, 0.6) is 0 Å². The van der Waals surface area contributed by atoms with E-state index in [9.17, 15) is 9.90 Å². The van der Waals surface area contributed by atoms with Gasteiger partial charge in [-0.25, -0.2) is 0 Å². The largest absolute Gasteiger partial charge is 0.392 e. The summed E-state index contributed by atoms with van der Waals surface area (Å²) in [4.78, 5) is 14.4. The molecule has 1 saturated carbocycles. The summed E-state index contributed by atoms with van der Waals surface area (Å²) in [5.41, 5.74) is 1.60. The smallest absolute Gasteiger partial charge is 0.251 e. The number of rotatable bonds is 2. The van der Waals surface area contributed by atoms with E-state index < -0.39 is 0 Å². The minimum absolute atomic E-state index is 0.0200. The predicted octanol–water partition coefficient (Wildman–Crippen LogP) is 1.91. The molecular weight excluding hydrogens is 190 g/mol. The van der Waals surface area contributed by atoms with E-state index in [1.807, 2.05) is 6.07 Å². The lowest BCUT2D eigenvalue weighted by Crippen LogP contribution is -2.20. The zero-order valence-electron chi connectivity index (χ0n) is 8.83. The van der Waals surface area contributed by atoms with Gasteiger partial charge in [0.05, 0.1) is 6.61 Å². The number of hydrogen-bond acceptors (Lipinski definition) is 2. The quantitative estimate of drug-likeness (QED) is 0.778. The third-order valence-corrected chi connectivity index (χ3v) is 3.27. The molecule has 2 N–H and O–H groups in total. The summed E-state index contributed by atoms with van der Waals surface area (Å²) in [7, 11) is 0. The number of aliphatic hydroxyl groups is 1. The van der Waals surface area contributed by atoms with Crippen molar-refractivity contribution < 1.29 is 5.11 Å². The number of nitrogens with one attached hydrogen (secondary N) is 1. The number of pyridine rings is 1. The fraction of sp³-hybridized carbons (Fsp3) is 0.583. The van der Waals surface area contributed by atoms with E-state index >= 15 is 0 Å². The van der Waals surface area contributed by atoms with Gasteiger partial charge in [0, 0.05) is 11.8 Å². The number of H-pyrrole nitrogens is 1. The Morgan fingerprint density at radius 1 is 1.33 bits per heavy atom. The number of aliphatic hydroxyl groups excluding tert-OH is 1. The van der Waals surface area contributed by atoms with Gasteiger partial charge in [0.2, 0.25) is 0 Å². The van der Waals surface area contributed by atoms with Gasteiger partial charge in [0.15, 0.2) is 0 Å².